The van der Waals surface area contributed by atoms with Crippen LogP contribution in [0.3, 0.4) is 0 Å². The molecule has 0 aromatic heterocycles. The topological polar surface area (TPSA) is 27.0 Å². The minimum Gasteiger partial charge on any atom is -0.296 e. The van der Waals surface area contributed by atoms with E-state index in [1.165, 1.54) is 38.6 Å². The van der Waals surface area contributed by atoms with Gasteiger partial charge in [0.25, 0.3) is 0 Å². The predicted octanol–water partition coefficient (Wildman–Crippen LogP) is 4.85. The molecule has 0 radical (unpaired) electrons. The Hall–Kier alpha value is -0.550. The van der Waals surface area contributed by atoms with Crippen LogP contribution in [0.1, 0.15) is 73.1 Å². The molecular formula is C19H34N2. The molecule has 2 fully saturated rings. The second-order valence-corrected chi connectivity index (χ2v) is 8.35. The van der Waals surface area contributed by atoms with E-state index in [1.54, 1.807) is 0 Å². The molecule has 1 heterocycles. The number of likely N-dealkylation sites (tertiary alicyclic amines) is 1. The van der Waals surface area contributed by atoms with Crippen LogP contribution in [0.4, 0.5) is 0 Å². The summed E-state index contributed by atoms with van der Waals surface area (Å²) in [5.74, 6) is 1.75. The van der Waals surface area contributed by atoms with Crippen LogP contribution in [0.5, 0.6) is 0 Å². The van der Waals surface area contributed by atoms with E-state index in [1.807, 2.05) is 0 Å². The largest absolute Gasteiger partial charge is 0.296 e. The Labute approximate surface area is 131 Å². The van der Waals surface area contributed by atoms with Gasteiger partial charge in [-0.25, -0.2) is 0 Å². The Morgan fingerprint density at radius 2 is 1.95 bits per heavy atom. The SMILES string of the molecule is CCC(C)(C)C1CCC(C#N)C(N2CCCC2C(C)C)C1. The third-order valence-corrected chi connectivity index (χ3v) is 6.54. The van der Waals surface area contributed by atoms with E-state index < -0.39 is 0 Å². The summed E-state index contributed by atoms with van der Waals surface area (Å²) in [4.78, 5) is 2.72. The Kier molecular flexibility index (Phi) is 5.36. The van der Waals surface area contributed by atoms with Crippen molar-refractivity contribution in [1.29, 1.82) is 5.26 Å². The van der Waals surface area contributed by atoms with E-state index in [0.29, 0.717) is 23.4 Å². The summed E-state index contributed by atoms with van der Waals surface area (Å²) in [6.07, 6.45) is 7.48. The van der Waals surface area contributed by atoms with Crippen molar-refractivity contribution >= 4 is 0 Å². The molecule has 0 N–H and O–H groups in total. The zero-order chi connectivity index (χ0) is 15.6. The second-order valence-electron chi connectivity index (χ2n) is 8.35. The molecule has 0 bridgehead atoms. The third-order valence-electron chi connectivity index (χ3n) is 6.54. The van der Waals surface area contributed by atoms with Gasteiger partial charge in [0.1, 0.15) is 0 Å². The Balaban J connectivity index is 2.16. The van der Waals surface area contributed by atoms with Gasteiger partial charge in [0.05, 0.1) is 12.0 Å². The van der Waals surface area contributed by atoms with Crippen molar-refractivity contribution in [2.24, 2.45) is 23.2 Å². The Morgan fingerprint density at radius 1 is 1.24 bits per heavy atom. The lowest BCUT2D eigenvalue weighted by atomic mass is 9.65. The molecule has 21 heavy (non-hydrogen) atoms. The minimum absolute atomic E-state index is 0.258. The molecule has 2 aliphatic rings. The average molecular weight is 290 g/mol. The molecule has 120 valence electrons. The summed E-state index contributed by atoms with van der Waals surface area (Å²) in [5.41, 5.74) is 0.422. The zero-order valence-corrected chi connectivity index (χ0v) is 14.7. The number of nitriles is 1. The quantitative estimate of drug-likeness (QED) is 0.740. The van der Waals surface area contributed by atoms with E-state index in [4.69, 9.17) is 0 Å². The number of hydrogen-bond donors (Lipinski definition) is 0. The van der Waals surface area contributed by atoms with Crippen LogP contribution in [-0.2, 0) is 0 Å². The van der Waals surface area contributed by atoms with Gasteiger partial charge in [0.15, 0.2) is 0 Å². The van der Waals surface area contributed by atoms with Crippen LogP contribution >= 0.6 is 0 Å². The van der Waals surface area contributed by atoms with Crippen LogP contribution in [0, 0.1) is 34.5 Å². The molecule has 2 nitrogen and oxygen atoms in total. The van der Waals surface area contributed by atoms with Crippen molar-refractivity contribution in [3.8, 4) is 6.07 Å². The van der Waals surface area contributed by atoms with E-state index in [0.717, 1.165) is 12.3 Å². The summed E-state index contributed by atoms with van der Waals surface area (Å²) < 4.78 is 0. The molecule has 0 spiro atoms. The van der Waals surface area contributed by atoms with Crippen molar-refractivity contribution in [2.45, 2.75) is 85.2 Å². The molecule has 4 unspecified atom stereocenters. The van der Waals surface area contributed by atoms with Gasteiger partial charge in [-0.15, -0.1) is 0 Å². The lowest BCUT2D eigenvalue weighted by Crippen LogP contribution is -2.49. The van der Waals surface area contributed by atoms with E-state index in [2.05, 4.69) is 45.6 Å². The normalized spacial score (nSPS) is 35.1. The van der Waals surface area contributed by atoms with Gasteiger partial charge in [-0.2, -0.15) is 5.26 Å². The summed E-state index contributed by atoms with van der Waals surface area (Å²) in [7, 11) is 0. The maximum Gasteiger partial charge on any atom is 0.0672 e. The molecular weight excluding hydrogens is 256 g/mol. The van der Waals surface area contributed by atoms with Gasteiger partial charge in [0.2, 0.25) is 0 Å². The molecule has 0 aromatic rings. The highest BCUT2D eigenvalue weighted by Gasteiger charge is 2.43. The first-order chi connectivity index (χ1) is 9.90. The summed E-state index contributed by atoms with van der Waals surface area (Å²) in [6, 6.07) is 3.85. The third kappa shape index (κ3) is 3.45. The lowest BCUT2D eigenvalue weighted by Gasteiger charge is -2.46. The average Bonchev–Trinajstić information content (AvgIpc) is 2.96. The van der Waals surface area contributed by atoms with Crippen molar-refractivity contribution in [1.82, 2.24) is 4.90 Å². The first-order valence-electron chi connectivity index (χ1n) is 9.06. The lowest BCUT2D eigenvalue weighted by molar-refractivity contribution is 0.0351. The highest BCUT2D eigenvalue weighted by molar-refractivity contribution is 5.02. The molecule has 1 saturated heterocycles. The van der Waals surface area contributed by atoms with Gasteiger partial charge >= 0.3 is 0 Å². The second kappa shape index (κ2) is 6.69. The Morgan fingerprint density at radius 3 is 2.52 bits per heavy atom. The zero-order valence-electron chi connectivity index (χ0n) is 14.7. The fraction of sp³-hybridized carbons (Fsp3) is 0.947. The minimum atomic E-state index is 0.258. The van der Waals surface area contributed by atoms with Crippen LogP contribution in [0.2, 0.25) is 0 Å². The van der Waals surface area contributed by atoms with Crippen molar-refractivity contribution in [3.63, 3.8) is 0 Å². The molecule has 4 atom stereocenters. The Bertz CT molecular complexity index is 380. The van der Waals surface area contributed by atoms with Crippen molar-refractivity contribution in [2.75, 3.05) is 6.54 Å². The van der Waals surface area contributed by atoms with Crippen LogP contribution in [-0.4, -0.2) is 23.5 Å². The monoisotopic (exact) mass is 290 g/mol. The van der Waals surface area contributed by atoms with Gasteiger partial charge in [-0.1, -0.05) is 41.0 Å². The van der Waals surface area contributed by atoms with Crippen molar-refractivity contribution in [3.05, 3.63) is 0 Å². The van der Waals surface area contributed by atoms with Crippen LogP contribution < -0.4 is 0 Å². The highest BCUT2D eigenvalue weighted by atomic mass is 15.2. The smallest absolute Gasteiger partial charge is 0.0672 e. The van der Waals surface area contributed by atoms with Gasteiger partial charge in [0, 0.05) is 12.1 Å². The molecule has 0 amide bonds. The maximum absolute atomic E-state index is 9.62. The maximum atomic E-state index is 9.62. The summed E-state index contributed by atoms with van der Waals surface area (Å²) in [6.45, 7) is 13.1. The fourth-order valence-electron chi connectivity index (χ4n) is 4.61. The fourth-order valence-corrected chi connectivity index (χ4v) is 4.61. The molecule has 1 aliphatic carbocycles. The van der Waals surface area contributed by atoms with Gasteiger partial charge < -0.3 is 0 Å². The summed E-state index contributed by atoms with van der Waals surface area (Å²) >= 11 is 0. The van der Waals surface area contributed by atoms with Crippen LogP contribution in [0.15, 0.2) is 0 Å². The van der Waals surface area contributed by atoms with E-state index in [9.17, 15) is 5.26 Å². The molecule has 2 rings (SSSR count). The molecule has 1 aliphatic heterocycles. The molecule has 0 aromatic carbocycles. The number of hydrogen-bond acceptors (Lipinski definition) is 2. The standard InChI is InChI=1S/C19H34N2/c1-6-19(4,5)16-10-9-15(13-20)18(12-16)21-11-7-8-17(21)14(2)3/h14-18H,6-12H2,1-5H3. The predicted molar refractivity (Wildman–Crippen MR) is 88.9 cm³/mol. The van der Waals surface area contributed by atoms with Crippen molar-refractivity contribution < 1.29 is 0 Å². The molecule has 2 heteroatoms. The first kappa shape index (κ1) is 16.8. The molecule has 1 saturated carbocycles. The summed E-state index contributed by atoms with van der Waals surface area (Å²) in [5, 5.41) is 9.62. The highest BCUT2D eigenvalue weighted by Crippen LogP contribution is 2.45. The van der Waals surface area contributed by atoms with E-state index >= 15 is 0 Å². The van der Waals surface area contributed by atoms with E-state index in [-0.39, 0.29) is 5.92 Å². The number of rotatable bonds is 4. The van der Waals surface area contributed by atoms with Gasteiger partial charge in [-0.3, -0.25) is 4.90 Å². The number of nitrogens with zero attached hydrogens (tertiary/aromatic N) is 2. The van der Waals surface area contributed by atoms with Gasteiger partial charge in [-0.05, 0) is 55.9 Å². The van der Waals surface area contributed by atoms with Crippen LogP contribution in [0.25, 0.3) is 0 Å². The first-order valence-corrected chi connectivity index (χ1v) is 9.06.